The third-order valence-corrected chi connectivity index (χ3v) is 4.66. The number of aliphatic hydroxyl groups is 1. The second-order valence-electron chi connectivity index (χ2n) is 6.73. The Hall–Kier alpha value is -4.21. The van der Waals surface area contributed by atoms with Gasteiger partial charge < -0.3 is 25.8 Å². The zero-order valence-corrected chi connectivity index (χ0v) is 15.7. The zero-order chi connectivity index (χ0) is 21.3. The number of aliphatic hydroxyl groups excluding tert-OH is 1. The minimum absolute atomic E-state index is 0.126. The third-order valence-electron chi connectivity index (χ3n) is 4.66. The fraction of sp³-hybridized carbons (Fsp3) is 0.0417. The van der Waals surface area contributed by atoms with E-state index in [0.717, 1.165) is 16.7 Å². The van der Waals surface area contributed by atoms with Crippen LogP contribution in [0.25, 0.3) is 17.2 Å². The Bertz CT molecular complexity index is 1220. The monoisotopic (exact) mass is 399 g/mol. The number of carboxylic acid groups (broad SMARTS) is 1. The van der Waals surface area contributed by atoms with Gasteiger partial charge in [-0.3, -0.25) is 0 Å². The number of anilines is 1. The molecule has 4 rings (SSSR count). The molecule has 0 radical (unpaired) electrons. The van der Waals surface area contributed by atoms with Gasteiger partial charge in [-0.05, 0) is 47.5 Å². The summed E-state index contributed by atoms with van der Waals surface area (Å²) in [6.45, 7) is 0. The van der Waals surface area contributed by atoms with Crippen molar-refractivity contribution in [1.82, 2.24) is 0 Å². The first-order chi connectivity index (χ1) is 14.4. The van der Waals surface area contributed by atoms with E-state index < -0.39 is 12.3 Å². The molecule has 0 amide bonds. The van der Waals surface area contributed by atoms with E-state index in [9.17, 15) is 15.0 Å². The Balaban J connectivity index is 1.61. The molecule has 6 heteroatoms. The van der Waals surface area contributed by atoms with Crippen molar-refractivity contribution < 1.29 is 24.9 Å². The number of carboxylic acids is 1. The second kappa shape index (κ2) is 7.66. The van der Waals surface area contributed by atoms with Crippen molar-refractivity contribution in [3.8, 4) is 34.5 Å². The molecule has 0 saturated heterocycles. The Labute approximate surface area is 172 Å². The van der Waals surface area contributed by atoms with E-state index in [1.54, 1.807) is 0 Å². The molecule has 1 heterocycles. The molecule has 0 saturated carbocycles. The van der Waals surface area contributed by atoms with Crippen LogP contribution in [0.2, 0.25) is 0 Å². The largest absolute Gasteiger partial charge is 0.507 e. The predicted octanol–water partition coefficient (Wildman–Crippen LogP) is 3.22. The van der Waals surface area contributed by atoms with Gasteiger partial charge in [0, 0.05) is 22.9 Å². The molecule has 6 nitrogen and oxygen atoms in total. The van der Waals surface area contributed by atoms with Crippen LogP contribution in [0.4, 0.5) is 5.69 Å². The van der Waals surface area contributed by atoms with E-state index in [0.29, 0.717) is 16.8 Å². The molecule has 3 aromatic carbocycles. The van der Waals surface area contributed by atoms with Crippen LogP contribution in [-0.4, -0.2) is 27.6 Å². The molecule has 0 fully saturated rings. The SMILES string of the molecule is Nc1ccc(-c2ccc(C#Cc3cc4c(cc3O)OC(O)C(C(=O)O)=C4)cc2)cc1. The topological polar surface area (TPSA) is 113 Å². The predicted molar refractivity (Wildman–Crippen MR) is 113 cm³/mol. The van der Waals surface area contributed by atoms with Crippen LogP contribution in [0.3, 0.4) is 0 Å². The van der Waals surface area contributed by atoms with Gasteiger partial charge in [-0.1, -0.05) is 36.1 Å². The number of phenols is 1. The number of hydrogen-bond acceptors (Lipinski definition) is 5. The van der Waals surface area contributed by atoms with Gasteiger partial charge in [-0.15, -0.1) is 0 Å². The highest BCUT2D eigenvalue weighted by Gasteiger charge is 2.26. The number of fused-ring (bicyclic) bond motifs is 1. The van der Waals surface area contributed by atoms with Gasteiger partial charge in [0.1, 0.15) is 17.1 Å². The Morgan fingerprint density at radius 1 is 0.967 bits per heavy atom. The van der Waals surface area contributed by atoms with Gasteiger partial charge in [0.2, 0.25) is 6.29 Å². The number of phenolic OH excluding ortho intramolecular Hbond substituents is 1. The number of hydrogen-bond donors (Lipinski definition) is 4. The van der Waals surface area contributed by atoms with Crippen molar-refractivity contribution in [2.45, 2.75) is 6.29 Å². The normalized spacial score (nSPS) is 14.6. The lowest BCUT2D eigenvalue weighted by molar-refractivity contribution is -0.135. The molecule has 30 heavy (non-hydrogen) atoms. The van der Waals surface area contributed by atoms with Crippen LogP contribution in [0.1, 0.15) is 16.7 Å². The molecule has 3 aromatic rings. The fourth-order valence-electron chi connectivity index (χ4n) is 3.05. The molecule has 0 spiro atoms. The summed E-state index contributed by atoms with van der Waals surface area (Å²) in [6, 6.07) is 18.0. The van der Waals surface area contributed by atoms with E-state index in [4.69, 9.17) is 15.6 Å². The maximum absolute atomic E-state index is 11.2. The number of rotatable bonds is 2. The first-order valence-electron chi connectivity index (χ1n) is 9.05. The van der Waals surface area contributed by atoms with Crippen LogP contribution < -0.4 is 10.5 Å². The summed E-state index contributed by atoms with van der Waals surface area (Å²) in [7, 11) is 0. The van der Waals surface area contributed by atoms with Gasteiger partial charge in [0.05, 0.1) is 5.56 Å². The van der Waals surface area contributed by atoms with E-state index in [2.05, 4.69) is 11.8 Å². The molecule has 1 unspecified atom stereocenters. The summed E-state index contributed by atoms with van der Waals surface area (Å²) in [6.07, 6.45) is -0.288. The Morgan fingerprint density at radius 2 is 1.60 bits per heavy atom. The second-order valence-corrected chi connectivity index (χ2v) is 6.73. The number of nitrogen functional groups attached to an aromatic ring is 1. The quantitative estimate of drug-likeness (QED) is 0.389. The number of aromatic hydroxyl groups is 1. The zero-order valence-electron chi connectivity index (χ0n) is 15.7. The minimum Gasteiger partial charge on any atom is -0.507 e. The standard InChI is InChI=1S/C24H17NO5/c25-19-9-7-16(8-10-19)15-4-1-14(2-5-15)3-6-17-11-18-12-20(23(27)28)24(29)30-22(18)13-21(17)26/h1-2,4-5,7-13,24,26,29H,25H2,(H,27,28). The Morgan fingerprint density at radius 3 is 2.23 bits per heavy atom. The molecule has 5 N–H and O–H groups in total. The summed E-state index contributed by atoms with van der Waals surface area (Å²) >= 11 is 0. The maximum atomic E-state index is 11.2. The van der Waals surface area contributed by atoms with Crippen molar-refractivity contribution in [3.05, 3.63) is 82.9 Å². The summed E-state index contributed by atoms with van der Waals surface area (Å²) in [4.78, 5) is 11.2. The lowest BCUT2D eigenvalue weighted by atomic mass is 10.0. The average Bonchev–Trinajstić information content (AvgIpc) is 2.73. The van der Waals surface area contributed by atoms with Crippen molar-refractivity contribution in [2.75, 3.05) is 5.73 Å². The molecule has 1 aliphatic rings. The number of ether oxygens (including phenoxy) is 1. The molecule has 0 aromatic heterocycles. The number of aliphatic carboxylic acids is 1. The third kappa shape index (κ3) is 3.83. The van der Waals surface area contributed by atoms with Gasteiger partial charge in [0.15, 0.2) is 0 Å². The molecule has 0 aliphatic carbocycles. The highest BCUT2D eigenvalue weighted by Crippen LogP contribution is 2.34. The maximum Gasteiger partial charge on any atom is 0.337 e. The van der Waals surface area contributed by atoms with Gasteiger partial charge in [-0.25, -0.2) is 4.79 Å². The highest BCUT2D eigenvalue weighted by molar-refractivity contribution is 5.94. The molecule has 0 bridgehead atoms. The van der Waals surface area contributed by atoms with Crippen molar-refractivity contribution in [3.63, 3.8) is 0 Å². The fourth-order valence-corrected chi connectivity index (χ4v) is 3.05. The van der Waals surface area contributed by atoms with E-state index in [-0.39, 0.29) is 17.1 Å². The van der Waals surface area contributed by atoms with E-state index in [1.807, 2.05) is 48.5 Å². The van der Waals surface area contributed by atoms with E-state index in [1.165, 1.54) is 18.2 Å². The molecular formula is C24H17NO5. The number of carbonyl (C=O) groups is 1. The van der Waals surface area contributed by atoms with E-state index >= 15 is 0 Å². The van der Waals surface area contributed by atoms with Crippen molar-refractivity contribution >= 4 is 17.7 Å². The summed E-state index contributed by atoms with van der Waals surface area (Å²) in [5, 5.41) is 29.1. The van der Waals surface area contributed by atoms with Gasteiger partial charge in [0.25, 0.3) is 0 Å². The van der Waals surface area contributed by atoms with Crippen LogP contribution >= 0.6 is 0 Å². The molecule has 148 valence electrons. The van der Waals surface area contributed by atoms with Crippen LogP contribution in [0.5, 0.6) is 11.5 Å². The lowest BCUT2D eigenvalue weighted by Crippen LogP contribution is -2.26. The smallest absolute Gasteiger partial charge is 0.337 e. The minimum atomic E-state index is -1.59. The van der Waals surface area contributed by atoms with Crippen molar-refractivity contribution in [1.29, 1.82) is 0 Å². The van der Waals surface area contributed by atoms with Crippen LogP contribution in [0, 0.1) is 11.8 Å². The summed E-state index contributed by atoms with van der Waals surface area (Å²) in [5.41, 5.74) is 9.68. The average molecular weight is 399 g/mol. The summed E-state index contributed by atoms with van der Waals surface area (Å²) < 4.78 is 5.16. The van der Waals surface area contributed by atoms with Gasteiger partial charge >= 0.3 is 5.97 Å². The Kier molecular flexibility index (Phi) is 4.88. The molecular weight excluding hydrogens is 382 g/mol. The summed E-state index contributed by atoms with van der Waals surface area (Å²) in [5.74, 6) is 4.65. The first-order valence-corrected chi connectivity index (χ1v) is 9.05. The highest BCUT2D eigenvalue weighted by atomic mass is 16.6. The number of benzene rings is 3. The van der Waals surface area contributed by atoms with Crippen molar-refractivity contribution in [2.24, 2.45) is 0 Å². The molecule has 1 atom stereocenters. The number of nitrogens with two attached hydrogens (primary N) is 1. The first kappa shape index (κ1) is 19.1. The molecule has 1 aliphatic heterocycles. The van der Waals surface area contributed by atoms with Crippen LogP contribution in [-0.2, 0) is 4.79 Å². The van der Waals surface area contributed by atoms with Crippen LogP contribution in [0.15, 0.2) is 66.2 Å². The lowest BCUT2D eigenvalue weighted by Gasteiger charge is -2.21. The van der Waals surface area contributed by atoms with Gasteiger partial charge in [-0.2, -0.15) is 0 Å².